The number of aryl methyl sites for hydroxylation is 2. The van der Waals surface area contributed by atoms with E-state index in [1.54, 1.807) is 43.6 Å². The van der Waals surface area contributed by atoms with Gasteiger partial charge in [0.1, 0.15) is 11.4 Å². The number of amides is 1. The van der Waals surface area contributed by atoms with Crippen molar-refractivity contribution in [1.82, 2.24) is 20.1 Å². The molecule has 196 valence electrons. The monoisotopic (exact) mass is 516 g/mol. The molecule has 0 aromatic carbocycles. The van der Waals surface area contributed by atoms with Crippen molar-refractivity contribution in [2.75, 3.05) is 10.6 Å². The molecule has 0 bridgehead atoms. The first-order valence-electron chi connectivity index (χ1n) is 12.5. The zero-order valence-electron chi connectivity index (χ0n) is 21.1. The first kappa shape index (κ1) is 25.1. The molecule has 4 heterocycles. The predicted octanol–water partition coefficient (Wildman–Crippen LogP) is 4.85. The zero-order valence-corrected chi connectivity index (χ0v) is 21.1. The van der Waals surface area contributed by atoms with Gasteiger partial charge in [-0.2, -0.15) is 0 Å². The topological polar surface area (TPSA) is 156 Å². The number of hydrogen-bond acceptors (Lipinski definition) is 9. The Bertz CT molecular complexity index is 1450. The second-order valence-corrected chi connectivity index (χ2v) is 9.33. The Morgan fingerprint density at radius 2 is 1.84 bits per heavy atom. The number of anilines is 2. The number of carbonyl (C=O) groups excluding carboxylic acids is 1. The molecule has 1 fully saturated rings. The molecule has 2 atom stereocenters. The quantitative estimate of drug-likeness (QED) is 0.296. The van der Waals surface area contributed by atoms with Crippen LogP contribution in [0.25, 0.3) is 22.9 Å². The molecule has 4 aromatic rings. The summed E-state index contributed by atoms with van der Waals surface area (Å²) < 4.78 is 11.0. The van der Waals surface area contributed by atoms with Crippen LogP contribution in [-0.2, 0) is 16.1 Å². The zero-order chi connectivity index (χ0) is 26.6. The lowest BCUT2D eigenvalue weighted by molar-refractivity contribution is -0.147. The third kappa shape index (κ3) is 5.26. The first-order chi connectivity index (χ1) is 18.4. The fraction of sp³-hybridized carbons (Fsp3) is 0.333. The minimum Gasteiger partial charge on any atom is -0.481 e. The maximum Gasteiger partial charge on any atom is 0.307 e. The Balaban J connectivity index is 1.30. The molecule has 5 rings (SSSR count). The summed E-state index contributed by atoms with van der Waals surface area (Å²) in [4.78, 5) is 37.9. The average molecular weight is 517 g/mol. The number of nitrogens with one attached hydrogen (secondary N) is 2. The molecule has 4 aromatic heterocycles. The molecule has 0 aliphatic heterocycles. The Labute approximate surface area is 218 Å². The van der Waals surface area contributed by atoms with Crippen LogP contribution in [-0.4, -0.2) is 37.1 Å². The van der Waals surface area contributed by atoms with Crippen molar-refractivity contribution in [2.45, 2.75) is 46.1 Å². The highest BCUT2D eigenvalue weighted by Gasteiger charge is 2.36. The molecular formula is C27H28N6O5. The maximum atomic E-state index is 12.9. The van der Waals surface area contributed by atoms with Crippen molar-refractivity contribution in [3.05, 3.63) is 59.7 Å². The van der Waals surface area contributed by atoms with Crippen LogP contribution in [0.2, 0.25) is 0 Å². The normalized spacial score (nSPS) is 17.2. The van der Waals surface area contributed by atoms with Gasteiger partial charge in [0.15, 0.2) is 11.5 Å². The van der Waals surface area contributed by atoms with Gasteiger partial charge in [0.2, 0.25) is 11.9 Å². The maximum absolute atomic E-state index is 12.9. The van der Waals surface area contributed by atoms with E-state index in [0.717, 1.165) is 18.4 Å². The van der Waals surface area contributed by atoms with Crippen LogP contribution in [0.5, 0.6) is 0 Å². The van der Waals surface area contributed by atoms with E-state index in [1.807, 2.05) is 13.0 Å². The van der Waals surface area contributed by atoms with Gasteiger partial charge in [0.25, 0.3) is 0 Å². The van der Waals surface area contributed by atoms with Crippen LogP contribution >= 0.6 is 0 Å². The molecule has 0 radical (unpaired) electrons. The van der Waals surface area contributed by atoms with Crippen LogP contribution in [0.3, 0.4) is 0 Å². The molecule has 1 aliphatic rings. The molecular weight excluding hydrogens is 488 g/mol. The fourth-order valence-corrected chi connectivity index (χ4v) is 4.76. The second kappa shape index (κ2) is 10.8. The van der Waals surface area contributed by atoms with Crippen LogP contribution < -0.4 is 10.6 Å². The van der Waals surface area contributed by atoms with Gasteiger partial charge in [-0.05, 0) is 57.0 Å². The van der Waals surface area contributed by atoms with Crippen molar-refractivity contribution >= 4 is 23.5 Å². The minimum atomic E-state index is -0.921. The molecule has 3 N–H and O–H groups in total. The average Bonchev–Trinajstić information content (AvgIpc) is 3.59. The van der Waals surface area contributed by atoms with Crippen molar-refractivity contribution < 1.29 is 23.6 Å². The Hall–Kier alpha value is -4.54. The van der Waals surface area contributed by atoms with Gasteiger partial charge < -0.3 is 24.7 Å². The number of furan rings is 1. The van der Waals surface area contributed by atoms with Crippen molar-refractivity contribution in [3.8, 4) is 22.9 Å². The van der Waals surface area contributed by atoms with E-state index in [-0.39, 0.29) is 5.91 Å². The van der Waals surface area contributed by atoms with Gasteiger partial charge in [0, 0.05) is 18.3 Å². The summed E-state index contributed by atoms with van der Waals surface area (Å²) in [6.07, 6.45) is 5.99. The van der Waals surface area contributed by atoms with E-state index in [2.05, 4.69) is 30.7 Å². The Kier molecular flexibility index (Phi) is 7.16. The molecule has 11 nitrogen and oxygen atoms in total. The van der Waals surface area contributed by atoms with Crippen molar-refractivity contribution in [3.63, 3.8) is 0 Å². The number of rotatable bonds is 8. The number of aliphatic carboxylic acids is 1. The number of carboxylic acids is 1. The molecule has 0 spiro atoms. The fourth-order valence-electron chi connectivity index (χ4n) is 4.76. The van der Waals surface area contributed by atoms with Crippen LogP contribution in [0.4, 0.5) is 11.6 Å². The third-order valence-electron chi connectivity index (χ3n) is 6.83. The van der Waals surface area contributed by atoms with Gasteiger partial charge in [-0.1, -0.05) is 18.0 Å². The number of nitrogens with zero attached hydrogens (tertiary/aromatic N) is 4. The van der Waals surface area contributed by atoms with Crippen molar-refractivity contribution in [1.29, 1.82) is 0 Å². The molecule has 38 heavy (non-hydrogen) atoms. The Morgan fingerprint density at radius 3 is 2.58 bits per heavy atom. The largest absolute Gasteiger partial charge is 0.481 e. The summed E-state index contributed by atoms with van der Waals surface area (Å²) in [6.45, 7) is 3.97. The van der Waals surface area contributed by atoms with E-state index in [0.29, 0.717) is 65.3 Å². The highest BCUT2D eigenvalue weighted by Crippen LogP contribution is 2.32. The van der Waals surface area contributed by atoms with Gasteiger partial charge in [0.05, 0.1) is 35.2 Å². The van der Waals surface area contributed by atoms with E-state index in [9.17, 15) is 14.7 Å². The lowest BCUT2D eigenvalue weighted by atomic mass is 9.78. The van der Waals surface area contributed by atoms with E-state index in [1.165, 1.54) is 0 Å². The molecule has 11 heteroatoms. The van der Waals surface area contributed by atoms with E-state index in [4.69, 9.17) is 8.94 Å². The van der Waals surface area contributed by atoms with Gasteiger partial charge >= 0.3 is 5.97 Å². The van der Waals surface area contributed by atoms with Crippen molar-refractivity contribution in [2.24, 2.45) is 11.8 Å². The summed E-state index contributed by atoms with van der Waals surface area (Å²) in [5.74, 6) is -0.852. The number of carboxylic acid groups (broad SMARTS) is 1. The highest BCUT2D eigenvalue weighted by atomic mass is 16.5. The smallest absolute Gasteiger partial charge is 0.307 e. The lowest BCUT2D eigenvalue weighted by Crippen LogP contribution is -2.36. The second-order valence-electron chi connectivity index (χ2n) is 9.33. The summed E-state index contributed by atoms with van der Waals surface area (Å²) in [5, 5.41) is 19.7. The van der Waals surface area contributed by atoms with E-state index < -0.39 is 17.8 Å². The van der Waals surface area contributed by atoms with Crippen LogP contribution in [0, 0.1) is 25.7 Å². The Morgan fingerprint density at radius 1 is 1.03 bits per heavy atom. The summed E-state index contributed by atoms with van der Waals surface area (Å²) >= 11 is 0. The lowest BCUT2D eigenvalue weighted by Gasteiger charge is -2.27. The molecule has 1 aliphatic carbocycles. The highest BCUT2D eigenvalue weighted by molar-refractivity contribution is 5.95. The number of hydrogen-bond donors (Lipinski definition) is 3. The number of pyridine rings is 1. The van der Waals surface area contributed by atoms with Gasteiger partial charge in [-0.15, -0.1) is 0 Å². The molecule has 2 unspecified atom stereocenters. The molecule has 1 amide bonds. The predicted molar refractivity (Wildman–Crippen MR) is 138 cm³/mol. The van der Waals surface area contributed by atoms with Crippen LogP contribution in [0.1, 0.15) is 42.6 Å². The summed E-state index contributed by atoms with van der Waals surface area (Å²) in [5.41, 5.74) is 3.83. The standard InChI is InChI=1S/C27H28N6O5/c1-15-19(14-29-27-28-12-11-21(32-27)23-8-5-13-37-23)24(38-33-15)22-10-9-20(16(2)30-22)31-25(34)17-6-3-4-7-18(17)26(35)36/h5,8-13,17-18H,3-4,6-7,14H2,1-2H3,(H,31,34)(H,35,36)(H,28,29,32). The minimum absolute atomic E-state index is 0.285. The molecule has 0 saturated heterocycles. The van der Waals surface area contributed by atoms with Gasteiger partial charge in [-0.3, -0.25) is 9.59 Å². The third-order valence-corrected chi connectivity index (χ3v) is 6.83. The van der Waals surface area contributed by atoms with E-state index >= 15 is 0 Å². The molecule has 1 saturated carbocycles. The first-order valence-corrected chi connectivity index (χ1v) is 12.5. The number of aromatic nitrogens is 4. The summed E-state index contributed by atoms with van der Waals surface area (Å²) in [6, 6.07) is 8.89. The number of carbonyl (C=O) groups is 2. The van der Waals surface area contributed by atoms with Gasteiger partial charge in [-0.25, -0.2) is 15.0 Å². The SMILES string of the molecule is Cc1nc(-c2onc(C)c2CNc2nccc(-c3ccco3)n2)ccc1NC(=O)C1CCCCC1C(=O)O. The summed E-state index contributed by atoms with van der Waals surface area (Å²) in [7, 11) is 0. The van der Waals surface area contributed by atoms with Crippen LogP contribution in [0.15, 0.2) is 51.7 Å².